The summed E-state index contributed by atoms with van der Waals surface area (Å²) in [4.78, 5) is 5.06. The first kappa shape index (κ1) is 10.4. The Bertz CT molecular complexity index is 175. The van der Waals surface area contributed by atoms with Crippen LogP contribution in [0.1, 0.15) is 25.7 Å². The lowest BCUT2D eigenvalue weighted by Crippen LogP contribution is -2.50. The van der Waals surface area contributed by atoms with Crippen LogP contribution in [0.4, 0.5) is 0 Å². The minimum absolute atomic E-state index is 0.434. The molecule has 0 saturated carbocycles. The number of likely N-dealkylation sites (tertiary alicyclic amines) is 2. The Morgan fingerprint density at radius 2 is 1.79 bits per heavy atom. The molecule has 0 aromatic rings. The third-order valence-corrected chi connectivity index (χ3v) is 3.69. The van der Waals surface area contributed by atoms with Gasteiger partial charge in [-0.3, -0.25) is 4.90 Å². The molecular formula is C11H23N3. The molecule has 3 heteroatoms. The molecule has 2 aliphatic heterocycles. The molecule has 0 spiro atoms. The van der Waals surface area contributed by atoms with E-state index in [1.54, 1.807) is 0 Å². The fourth-order valence-corrected chi connectivity index (χ4v) is 2.73. The molecule has 0 aromatic heterocycles. The van der Waals surface area contributed by atoms with Gasteiger partial charge in [0, 0.05) is 18.6 Å². The van der Waals surface area contributed by atoms with Crippen LogP contribution in [0.3, 0.4) is 0 Å². The van der Waals surface area contributed by atoms with E-state index in [0.717, 1.165) is 12.6 Å². The summed E-state index contributed by atoms with van der Waals surface area (Å²) in [5.41, 5.74) is 6.01. The Morgan fingerprint density at radius 1 is 1.07 bits per heavy atom. The Morgan fingerprint density at radius 3 is 2.43 bits per heavy atom. The lowest BCUT2D eigenvalue weighted by Gasteiger charge is -2.40. The molecular weight excluding hydrogens is 174 g/mol. The molecule has 0 unspecified atom stereocenters. The number of rotatable bonds is 1. The van der Waals surface area contributed by atoms with Crippen molar-refractivity contribution < 1.29 is 0 Å². The van der Waals surface area contributed by atoms with Gasteiger partial charge in [-0.25, -0.2) is 0 Å². The van der Waals surface area contributed by atoms with Crippen LogP contribution >= 0.6 is 0 Å². The molecule has 2 fully saturated rings. The maximum Gasteiger partial charge on any atom is 0.0168 e. The van der Waals surface area contributed by atoms with E-state index >= 15 is 0 Å². The fraction of sp³-hybridized carbons (Fsp3) is 1.00. The molecule has 3 nitrogen and oxygen atoms in total. The van der Waals surface area contributed by atoms with Crippen molar-refractivity contribution in [1.82, 2.24) is 9.80 Å². The number of hydrogen-bond acceptors (Lipinski definition) is 3. The van der Waals surface area contributed by atoms with Crippen molar-refractivity contribution in [3.8, 4) is 0 Å². The van der Waals surface area contributed by atoms with E-state index in [1.165, 1.54) is 45.3 Å². The molecule has 0 aliphatic carbocycles. The zero-order chi connectivity index (χ0) is 9.97. The first-order chi connectivity index (χ1) is 6.75. The third kappa shape index (κ3) is 2.47. The molecule has 82 valence electrons. The van der Waals surface area contributed by atoms with E-state index in [9.17, 15) is 0 Å². The van der Waals surface area contributed by atoms with Crippen LogP contribution in [0.25, 0.3) is 0 Å². The first-order valence-corrected chi connectivity index (χ1v) is 5.94. The SMILES string of the molecule is CN1CCC(N2CCC[C@@H](N)C2)CC1. The molecule has 0 radical (unpaired) electrons. The van der Waals surface area contributed by atoms with Gasteiger partial charge in [0.2, 0.25) is 0 Å². The highest BCUT2D eigenvalue weighted by Gasteiger charge is 2.26. The van der Waals surface area contributed by atoms with Gasteiger partial charge < -0.3 is 10.6 Å². The number of nitrogens with zero attached hydrogens (tertiary/aromatic N) is 2. The predicted molar refractivity (Wildman–Crippen MR) is 59.3 cm³/mol. The highest BCUT2D eigenvalue weighted by atomic mass is 15.2. The Balaban J connectivity index is 1.82. The molecule has 2 rings (SSSR count). The summed E-state index contributed by atoms with van der Waals surface area (Å²) in [5, 5.41) is 0. The summed E-state index contributed by atoms with van der Waals surface area (Å²) in [6.07, 6.45) is 5.20. The summed E-state index contributed by atoms with van der Waals surface area (Å²) in [6.45, 7) is 4.93. The van der Waals surface area contributed by atoms with Crippen molar-refractivity contribution >= 4 is 0 Å². The molecule has 2 N–H and O–H groups in total. The van der Waals surface area contributed by atoms with Crippen molar-refractivity contribution in [2.75, 3.05) is 33.2 Å². The Labute approximate surface area is 87.2 Å². The molecule has 2 heterocycles. The van der Waals surface area contributed by atoms with E-state index in [-0.39, 0.29) is 0 Å². The quantitative estimate of drug-likeness (QED) is 0.664. The average molecular weight is 197 g/mol. The van der Waals surface area contributed by atoms with Crippen molar-refractivity contribution in [1.29, 1.82) is 0 Å². The molecule has 2 aliphatic rings. The van der Waals surface area contributed by atoms with Gasteiger partial charge in [-0.2, -0.15) is 0 Å². The number of piperidine rings is 2. The maximum absolute atomic E-state index is 6.01. The smallest absolute Gasteiger partial charge is 0.0168 e. The average Bonchev–Trinajstić information content (AvgIpc) is 2.19. The van der Waals surface area contributed by atoms with Gasteiger partial charge >= 0.3 is 0 Å². The van der Waals surface area contributed by atoms with Gasteiger partial charge in [-0.1, -0.05) is 0 Å². The predicted octanol–water partition coefficient (Wildman–Crippen LogP) is 0.504. The molecule has 0 aromatic carbocycles. The molecule has 0 bridgehead atoms. The van der Waals surface area contributed by atoms with Crippen LogP contribution in [0.15, 0.2) is 0 Å². The van der Waals surface area contributed by atoms with Crippen molar-refractivity contribution in [2.45, 2.75) is 37.8 Å². The van der Waals surface area contributed by atoms with Crippen molar-refractivity contribution in [2.24, 2.45) is 5.73 Å². The van der Waals surface area contributed by atoms with Gasteiger partial charge in [0.05, 0.1) is 0 Å². The highest BCUT2D eigenvalue weighted by Crippen LogP contribution is 2.19. The third-order valence-electron chi connectivity index (χ3n) is 3.69. The lowest BCUT2D eigenvalue weighted by molar-refractivity contribution is 0.0950. The van der Waals surface area contributed by atoms with Crippen LogP contribution in [0.5, 0.6) is 0 Å². The second kappa shape index (κ2) is 4.60. The monoisotopic (exact) mass is 197 g/mol. The largest absolute Gasteiger partial charge is 0.327 e. The fourth-order valence-electron chi connectivity index (χ4n) is 2.73. The van der Waals surface area contributed by atoms with E-state index < -0.39 is 0 Å². The van der Waals surface area contributed by atoms with Gasteiger partial charge in [0.1, 0.15) is 0 Å². The molecule has 1 atom stereocenters. The minimum Gasteiger partial charge on any atom is -0.327 e. The zero-order valence-electron chi connectivity index (χ0n) is 9.28. The van der Waals surface area contributed by atoms with Crippen LogP contribution in [0, 0.1) is 0 Å². The van der Waals surface area contributed by atoms with E-state index in [4.69, 9.17) is 5.73 Å². The summed E-state index contributed by atoms with van der Waals surface area (Å²) in [6, 6.07) is 1.25. The molecule has 0 amide bonds. The van der Waals surface area contributed by atoms with E-state index in [1.807, 2.05) is 0 Å². The van der Waals surface area contributed by atoms with E-state index in [2.05, 4.69) is 16.8 Å². The molecule has 14 heavy (non-hydrogen) atoms. The Hall–Kier alpha value is -0.120. The van der Waals surface area contributed by atoms with Gasteiger partial charge in [-0.05, 0) is 52.4 Å². The molecule has 2 saturated heterocycles. The summed E-state index contributed by atoms with van der Waals surface area (Å²) in [5.74, 6) is 0. The van der Waals surface area contributed by atoms with Crippen LogP contribution in [-0.2, 0) is 0 Å². The summed E-state index contributed by atoms with van der Waals surface area (Å²) < 4.78 is 0. The van der Waals surface area contributed by atoms with Crippen LogP contribution < -0.4 is 5.73 Å². The number of hydrogen-bond donors (Lipinski definition) is 1. The first-order valence-electron chi connectivity index (χ1n) is 5.94. The second-order valence-corrected chi connectivity index (χ2v) is 4.93. The zero-order valence-corrected chi connectivity index (χ0v) is 9.28. The highest BCUT2D eigenvalue weighted by molar-refractivity contribution is 4.84. The summed E-state index contributed by atoms with van der Waals surface area (Å²) >= 11 is 0. The number of nitrogens with two attached hydrogens (primary N) is 1. The van der Waals surface area contributed by atoms with Gasteiger partial charge in [-0.15, -0.1) is 0 Å². The van der Waals surface area contributed by atoms with Gasteiger partial charge in [0.25, 0.3) is 0 Å². The van der Waals surface area contributed by atoms with Crippen molar-refractivity contribution in [3.63, 3.8) is 0 Å². The minimum atomic E-state index is 0.434. The van der Waals surface area contributed by atoms with Crippen LogP contribution in [-0.4, -0.2) is 55.1 Å². The topological polar surface area (TPSA) is 32.5 Å². The van der Waals surface area contributed by atoms with E-state index in [0.29, 0.717) is 6.04 Å². The van der Waals surface area contributed by atoms with Crippen LogP contribution in [0.2, 0.25) is 0 Å². The van der Waals surface area contributed by atoms with Crippen molar-refractivity contribution in [3.05, 3.63) is 0 Å². The van der Waals surface area contributed by atoms with Gasteiger partial charge in [0.15, 0.2) is 0 Å². The Kier molecular flexibility index (Phi) is 3.42. The lowest BCUT2D eigenvalue weighted by atomic mass is 9.98. The normalized spacial score (nSPS) is 33.4. The second-order valence-electron chi connectivity index (χ2n) is 4.93. The summed E-state index contributed by atoms with van der Waals surface area (Å²) in [7, 11) is 2.22. The maximum atomic E-state index is 6.01. The standard InChI is InChI=1S/C11H23N3/c1-13-7-4-11(5-8-13)14-6-2-3-10(12)9-14/h10-11H,2-9,12H2,1H3/t10-/m1/s1.